The van der Waals surface area contributed by atoms with Crippen LogP contribution in [0.1, 0.15) is 11.1 Å². The summed E-state index contributed by atoms with van der Waals surface area (Å²) in [6.45, 7) is 2.20. The highest BCUT2D eigenvalue weighted by atomic mass is 16.5. The molecule has 0 spiro atoms. The van der Waals surface area contributed by atoms with Gasteiger partial charge in [0.15, 0.2) is 0 Å². The van der Waals surface area contributed by atoms with Crippen LogP contribution in [0.5, 0.6) is 0 Å². The molecule has 0 unspecified atom stereocenters. The summed E-state index contributed by atoms with van der Waals surface area (Å²) in [5.74, 6) is 0. The number of aliphatic hydroxyl groups is 2. The molecule has 0 amide bonds. The Morgan fingerprint density at radius 3 is 1.48 bits per heavy atom. The number of aliphatic hydroxyl groups excluding tert-OH is 2. The van der Waals surface area contributed by atoms with E-state index in [1.165, 1.54) is 0 Å². The molecular weight excluding hydrogens is 318 g/mol. The molecule has 0 saturated heterocycles. The summed E-state index contributed by atoms with van der Waals surface area (Å²) in [5, 5.41) is 22.8. The van der Waals surface area contributed by atoms with Crippen LogP contribution in [-0.4, -0.2) is 48.7 Å². The average molecular weight is 345 g/mol. The largest absolute Gasteiger partial charge is 0.389 e. The van der Waals surface area contributed by atoms with Crippen molar-refractivity contribution in [3.8, 4) is 0 Å². The first-order chi connectivity index (χ1) is 12.2. The second kappa shape index (κ2) is 11.7. The molecule has 0 heterocycles. The van der Waals surface area contributed by atoms with E-state index in [9.17, 15) is 10.2 Å². The number of nitrogens with one attached hydrogen (secondary N) is 1. The molecule has 0 radical (unpaired) electrons. The van der Waals surface area contributed by atoms with Crippen LogP contribution in [0.3, 0.4) is 0 Å². The molecule has 5 nitrogen and oxygen atoms in total. The molecule has 0 saturated carbocycles. The molecule has 2 aromatic rings. The highest BCUT2D eigenvalue weighted by Crippen LogP contribution is 2.02. The maximum absolute atomic E-state index is 9.86. The first kappa shape index (κ1) is 19.6. The Morgan fingerprint density at radius 1 is 0.680 bits per heavy atom. The number of ether oxygens (including phenoxy) is 2. The van der Waals surface area contributed by atoms with Crippen LogP contribution < -0.4 is 5.32 Å². The molecule has 2 aromatic carbocycles. The number of hydrogen-bond donors (Lipinski definition) is 3. The summed E-state index contributed by atoms with van der Waals surface area (Å²) < 4.78 is 11.0. The molecule has 5 heteroatoms. The summed E-state index contributed by atoms with van der Waals surface area (Å²) in [7, 11) is 0. The first-order valence-electron chi connectivity index (χ1n) is 8.54. The average Bonchev–Trinajstić information content (AvgIpc) is 2.63. The van der Waals surface area contributed by atoms with Gasteiger partial charge in [0.25, 0.3) is 0 Å². The SMILES string of the molecule is O[C@H](CNC[C@@H](O)COCc1ccccc1)COCc1ccccc1. The van der Waals surface area contributed by atoms with Crippen LogP contribution in [0.25, 0.3) is 0 Å². The molecule has 0 aliphatic carbocycles. The fourth-order valence-corrected chi connectivity index (χ4v) is 2.31. The molecule has 0 bridgehead atoms. The molecule has 0 aliphatic rings. The molecule has 0 aromatic heterocycles. The van der Waals surface area contributed by atoms with Crippen molar-refractivity contribution >= 4 is 0 Å². The van der Waals surface area contributed by atoms with Crippen LogP contribution in [0.2, 0.25) is 0 Å². The van der Waals surface area contributed by atoms with E-state index < -0.39 is 12.2 Å². The van der Waals surface area contributed by atoms with Gasteiger partial charge in [0.05, 0.1) is 38.6 Å². The Bertz CT molecular complexity index is 513. The van der Waals surface area contributed by atoms with Crippen LogP contribution >= 0.6 is 0 Å². The van der Waals surface area contributed by atoms with Crippen LogP contribution in [0, 0.1) is 0 Å². The van der Waals surface area contributed by atoms with Gasteiger partial charge >= 0.3 is 0 Å². The van der Waals surface area contributed by atoms with Crippen LogP contribution in [0.4, 0.5) is 0 Å². The van der Waals surface area contributed by atoms with Gasteiger partial charge in [-0.05, 0) is 11.1 Å². The minimum absolute atomic E-state index is 0.252. The van der Waals surface area contributed by atoms with Gasteiger partial charge < -0.3 is 25.0 Å². The van der Waals surface area contributed by atoms with Gasteiger partial charge in [-0.2, -0.15) is 0 Å². The van der Waals surface area contributed by atoms with Crippen molar-refractivity contribution in [3.63, 3.8) is 0 Å². The van der Waals surface area contributed by atoms with Gasteiger partial charge in [-0.3, -0.25) is 0 Å². The third kappa shape index (κ3) is 8.77. The fraction of sp³-hybridized carbons (Fsp3) is 0.400. The van der Waals surface area contributed by atoms with Crippen LogP contribution in [0.15, 0.2) is 60.7 Å². The second-order valence-corrected chi connectivity index (χ2v) is 5.97. The quantitative estimate of drug-likeness (QED) is 0.546. The van der Waals surface area contributed by atoms with Crippen molar-refractivity contribution in [1.29, 1.82) is 0 Å². The Hall–Kier alpha value is -1.76. The molecule has 0 fully saturated rings. The normalized spacial score (nSPS) is 13.5. The summed E-state index contributed by atoms with van der Waals surface area (Å²) in [6, 6.07) is 19.7. The summed E-state index contributed by atoms with van der Waals surface area (Å²) in [6.07, 6.45) is -1.22. The predicted molar refractivity (Wildman–Crippen MR) is 97.1 cm³/mol. The van der Waals surface area contributed by atoms with Crippen LogP contribution in [-0.2, 0) is 22.7 Å². The second-order valence-electron chi connectivity index (χ2n) is 5.97. The monoisotopic (exact) mass is 345 g/mol. The lowest BCUT2D eigenvalue weighted by atomic mass is 10.2. The van der Waals surface area contributed by atoms with Crippen molar-refractivity contribution in [2.24, 2.45) is 0 Å². The summed E-state index contributed by atoms with van der Waals surface area (Å²) in [5.41, 5.74) is 2.15. The fourth-order valence-electron chi connectivity index (χ4n) is 2.31. The Morgan fingerprint density at radius 2 is 1.08 bits per heavy atom. The maximum Gasteiger partial charge on any atom is 0.0897 e. The highest BCUT2D eigenvalue weighted by molar-refractivity contribution is 5.14. The zero-order valence-corrected chi connectivity index (χ0v) is 14.4. The van der Waals surface area contributed by atoms with Gasteiger partial charge in [-0.1, -0.05) is 60.7 Å². The van der Waals surface area contributed by atoms with Crippen molar-refractivity contribution in [1.82, 2.24) is 5.32 Å². The van der Waals surface area contributed by atoms with Gasteiger partial charge in [0.1, 0.15) is 0 Å². The summed E-state index contributed by atoms with van der Waals surface area (Å²) >= 11 is 0. The maximum atomic E-state index is 9.86. The first-order valence-corrected chi connectivity index (χ1v) is 8.54. The van der Waals surface area contributed by atoms with E-state index in [0.717, 1.165) is 11.1 Å². The summed E-state index contributed by atoms with van der Waals surface area (Å²) in [4.78, 5) is 0. The molecule has 136 valence electrons. The Labute approximate surface area is 149 Å². The van der Waals surface area contributed by atoms with E-state index >= 15 is 0 Å². The lowest BCUT2D eigenvalue weighted by Gasteiger charge is -2.15. The standard InChI is InChI=1S/C20H27NO4/c22-19(15-24-13-17-7-3-1-4-8-17)11-21-12-20(23)16-25-14-18-9-5-2-6-10-18/h1-10,19-23H,11-16H2/t19-,20-/m1/s1. The van der Waals surface area contributed by atoms with Crippen molar-refractivity contribution in [2.75, 3.05) is 26.3 Å². The molecular formula is C20H27NO4. The van der Waals surface area contributed by atoms with E-state index in [1.54, 1.807) is 0 Å². The predicted octanol–water partition coefficient (Wildman–Crippen LogP) is 1.73. The lowest BCUT2D eigenvalue weighted by Crippen LogP contribution is -2.36. The van der Waals surface area contributed by atoms with Gasteiger partial charge in [-0.25, -0.2) is 0 Å². The van der Waals surface area contributed by atoms with Crippen molar-refractivity contribution < 1.29 is 19.7 Å². The zero-order chi connectivity index (χ0) is 17.7. The number of hydrogen-bond acceptors (Lipinski definition) is 5. The number of rotatable bonds is 12. The van der Waals surface area contributed by atoms with E-state index in [0.29, 0.717) is 26.3 Å². The van der Waals surface area contributed by atoms with Crippen molar-refractivity contribution in [2.45, 2.75) is 25.4 Å². The molecule has 0 aliphatic heterocycles. The van der Waals surface area contributed by atoms with Crippen molar-refractivity contribution in [3.05, 3.63) is 71.8 Å². The van der Waals surface area contributed by atoms with Gasteiger partial charge in [-0.15, -0.1) is 0 Å². The molecule has 2 rings (SSSR count). The topological polar surface area (TPSA) is 71.0 Å². The number of benzene rings is 2. The van der Waals surface area contributed by atoms with Gasteiger partial charge in [0.2, 0.25) is 0 Å². The van der Waals surface area contributed by atoms with Gasteiger partial charge in [0, 0.05) is 13.1 Å². The molecule has 3 N–H and O–H groups in total. The smallest absolute Gasteiger partial charge is 0.0897 e. The third-order valence-corrected chi connectivity index (χ3v) is 3.60. The highest BCUT2D eigenvalue weighted by Gasteiger charge is 2.08. The van der Waals surface area contributed by atoms with E-state index in [1.807, 2.05) is 60.7 Å². The minimum Gasteiger partial charge on any atom is -0.389 e. The minimum atomic E-state index is -0.610. The third-order valence-electron chi connectivity index (χ3n) is 3.60. The Kier molecular flexibility index (Phi) is 9.18. The molecule has 25 heavy (non-hydrogen) atoms. The zero-order valence-electron chi connectivity index (χ0n) is 14.4. The molecule has 2 atom stereocenters. The van der Waals surface area contributed by atoms with E-state index in [2.05, 4.69) is 5.32 Å². The van der Waals surface area contributed by atoms with E-state index in [-0.39, 0.29) is 13.2 Å². The lowest BCUT2D eigenvalue weighted by molar-refractivity contribution is 0.0164. The Balaban J connectivity index is 1.48. The van der Waals surface area contributed by atoms with E-state index in [4.69, 9.17) is 9.47 Å².